The lowest BCUT2D eigenvalue weighted by atomic mass is 9.91. The zero-order chi connectivity index (χ0) is 30.0. The highest BCUT2D eigenvalue weighted by atomic mass is 19.2. The van der Waals surface area contributed by atoms with Crippen molar-refractivity contribution in [2.75, 3.05) is 26.9 Å². The van der Waals surface area contributed by atoms with Gasteiger partial charge in [-0.05, 0) is 49.6 Å². The molecule has 0 fully saturated rings. The van der Waals surface area contributed by atoms with Crippen molar-refractivity contribution in [1.29, 1.82) is 0 Å². The van der Waals surface area contributed by atoms with E-state index in [2.05, 4.69) is 17.6 Å². The lowest BCUT2D eigenvalue weighted by Gasteiger charge is -2.23. The number of aliphatic hydroxyl groups is 1. The fourth-order valence-electron chi connectivity index (χ4n) is 6.02. The van der Waals surface area contributed by atoms with Gasteiger partial charge >= 0.3 is 0 Å². The summed E-state index contributed by atoms with van der Waals surface area (Å²) in [6.07, 6.45) is 19.6. The topological polar surface area (TPSA) is 41.7 Å². The van der Waals surface area contributed by atoms with Crippen LogP contribution in [0, 0.1) is 11.6 Å². The molecule has 42 heavy (non-hydrogen) atoms. The van der Waals surface area contributed by atoms with Crippen molar-refractivity contribution < 1.29 is 27.9 Å². The number of hydrogen-bond donors (Lipinski definition) is 1. The van der Waals surface area contributed by atoms with Gasteiger partial charge < -0.3 is 14.6 Å². The first-order valence-electron chi connectivity index (χ1n) is 16.6. The molecule has 1 aliphatic heterocycles. The first-order valence-corrected chi connectivity index (χ1v) is 16.6. The molecule has 0 amide bonds. The number of unbranched alkanes of at least 4 members (excludes halogenated alkanes) is 13. The normalized spacial score (nSPS) is 13.0. The lowest BCUT2D eigenvalue weighted by Crippen LogP contribution is -2.30. The Kier molecular flexibility index (Phi) is 15.9. The van der Waals surface area contributed by atoms with Crippen LogP contribution >= 0.6 is 0 Å². The quantitative estimate of drug-likeness (QED) is 0.110. The molecule has 0 saturated carbocycles. The van der Waals surface area contributed by atoms with Gasteiger partial charge in [0.1, 0.15) is 6.54 Å². The Morgan fingerprint density at radius 3 is 2.12 bits per heavy atom. The second-order valence-electron chi connectivity index (χ2n) is 11.8. The van der Waals surface area contributed by atoms with E-state index in [-0.39, 0.29) is 6.61 Å². The van der Waals surface area contributed by atoms with Crippen LogP contribution in [0.1, 0.15) is 126 Å². The molecule has 6 heteroatoms. The summed E-state index contributed by atoms with van der Waals surface area (Å²) in [5.41, 5.74) is 4.44. The molecular formula is C36H54F2NO3+. The number of rotatable bonds is 22. The summed E-state index contributed by atoms with van der Waals surface area (Å²) in [6.45, 7) is 4.54. The number of methoxy groups -OCH3 is 1. The average Bonchev–Trinajstić information content (AvgIpc) is 3.00. The number of ether oxygens (including phenoxy) is 2. The average molecular weight is 587 g/mol. The van der Waals surface area contributed by atoms with Crippen LogP contribution < -0.4 is 9.47 Å². The van der Waals surface area contributed by atoms with Crippen molar-refractivity contribution in [3.05, 3.63) is 58.7 Å². The molecule has 2 aromatic carbocycles. The van der Waals surface area contributed by atoms with E-state index >= 15 is 0 Å². The van der Waals surface area contributed by atoms with Crippen LogP contribution in [0.15, 0.2) is 30.3 Å². The van der Waals surface area contributed by atoms with Gasteiger partial charge in [0.15, 0.2) is 35.4 Å². The fourth-order valence-corrected chi connectivity index (χ4v) is 6.02. The molecule has 2 aromatic rings. The number of benzene rings is 2. The predicted molar refractivity (Wildman–Crippen MR) is 168 cm³/mol. The zero-order valence-electron chi connectivity index (χ0n) is 26.2. The van der Waals surface area contributed by atoms with Gasteiger partial charge in [-0.1, -0.05) is 84.0 Å². The molecule has 3 rings (SSSR count). The van der Waals surface area contributed by atoms with Gasteiger partial charge in [-0.25, -0.2) is 13.4 Å². The Bertz CT molecular complexity index is 1100. The van der Waals surface area contributed by atoms with Crippen molar-refractivity contribution >= 4 is 5.71 Å². The molecule has 234 valence electrons. The molecule has 1 aliphatic rings. The van der Waals surface area contributed by atoms with E-state index < -0.39 is 11.6 Å². The first kappa shape index (κ1) is 34.0. The molecule has 4 nitrogen and oxygen atoms in total. The Morgan fingerprint density at radius 2 is 1.45 bits per heavy atom. The van der Waals surface area contributed by atoms with E-state index in [0.717, 1.165) is 81.4 Å². The van der Waals surface area contributed by atoms with Gasteiger partial charge in [0.25, 0.3) is 0 Å². The largest absolute Gasteiger partial charge is 0.493 e. The highest BCUT2D eigenvalue weighted by Gasteiger charge is 2.30. The maximum Gasteiger partial charge on any atom is 0.184 e. The summed E-state index contributed by atoms with van der Waals surface area (Å²) in [4.78, 5) is 0. The Balaban J connectivity index is 1.71. The van der Waals surface area contributed by atoms with Crippen molar-refractivity contribution in [2.24, 2.45) is 0 Å². The third-order valence-corrected chi connectivity index (χ3v) is 8.44. The Labute approximate surface area is 253 Å². The van der Waals surface area contributed by atoms with Crippen LogP contribution in [0.2, 0.25) is 0 Å². The molecule has 0 bridgehead atoms. The maximum absolute atomic E-state index is 14.0. The number of hydrogen-bond acceptors (Lipinski definition) is 3. The van der Waals surface area contributed by atoms with E-state index in [1.54, 1.807) is 13.2 Å². The van der Waals surface area contributed by atoms with E-state index in [9.17, 15) is 8.78 Å². The molecule has 0 radical (unpaired) electrons. The second-order valence-corrected chi connectivity index (χ2v) is 11.8. The van der Waals surface area contributed by atoms with Crippen LogP contribution in [0.4, 0.5) is 8.78 Å². The molecule has 1 N–H and O–H groups in total. The third-order valence-electron chi connectivity index (χ3n) is 8.44. The van der Waals surface area contributed by atoms with Gasteiger partial charge in [0.2, 0.25) is 0 Å². The predicted octanol–water partition coefficient (Wildman–Crippen LogP) is 9.16. The summed E-state index contributed by atoms with van der Waals surface area (Å²) < 4.78 is 42.1. The minimum atomic E-state index is -0.805. The molecule has 0 spiro atoms. The highest BCUT2D eigenvalue weighted by molar-refractivity contribution is 5.99. The molecule has 1 heterocycles. The SMILES string of the molecule is CCCCCCCCCCCC1=[N+](Cc2ccc(F)c(F)c2)CCc2c1ccc(OC)c2OCCCCCCCCO. The van der Waals surface area contributed by atoms with Gasteiger partial charge in [-0.3, -0.25) is 0 Å². The number of fused-ring (bicyclic) bond motifs is 1. The summed E-state index contributed by atoms with van der Waals surface area (Å²) >= 11 is 0. The van der Waals surface area contributed by atoms with E-state index in [1.165, 1.54) is 80.3 Å². The van der Waals surface area contributed by atoms with Crippen molar-refractivity contribution in [2.45, 2.75) is 123 Å². The third kappa shape index (κ3) is 11.0. The summed E-state index contributed by atoms with van der Waals surface area (Å²) in [5, 5.41) is 8.96. The number of halogens is 2. The minimum Gasteiger partial charge on any atom is -0.493 e. The van der Waals surface area contributed by atoms with Gasteiger partial charge in [0, 0.05) is 36.1 Å². The van der Waals surface area contributed by atoms with Crippen LogP contribution in [-0.2, 0) is 13.0 Å². The van der Waals surface area contributed by atoms with Crippen LogP contribution in [0.25, 0.3) is 0 Å². The molecular weight excluding hydrogens is 532 g/mol. The monoisotopic (exact) mass is 586 g/mol. The molecule has 0 unspecified atom stereocenters. The highest BCUT2D eigenvalue weighted by Crippen LogP contribution is 2.37. The lowest BCUT2D eigenvalue weighted by molar-refractivity contribution is -0.545. The van der Waals surface area contributed by atoms with Crippen molar-refractivity contribution in [3.63, 3.8) is 0 Å². The number of nitrogens with zero attached hydrogens (tertiary/aromatic N) is 1. The van der Waals surface area contributed by atoms with Crippen LogP contribution in [-0.4, -0.2) is 42.3 Å². The van der Waals surface area contributed by atoms with Gasteiger partial charge in [-0.2, -0.15) is 0 Å². The summed E-state index contributed by atoms with van der Waals surface area (Å²) in [6, 6.07) is 8.42. The minimum absolute atomic E-state index is 0.276. The zero-order valence-corrected chi connectivity index (χ0v) is 26.2. The van der Waals surface area contributed by atoms with Crippen LogP contribution in [0.5, 0.6) is 11.5 Å². The Morgan fingerprint density at radius 1 is 0.786 bits per heavy atom. The van der Waals surface area contributed by atoms with E-state index in [1.807, 2.05) is 6.07 Å². The van der Waals surface area contributed by atoms with Gasteiger partial charge in [0.05, 0.1) is 13.7 Å². The fraction of sp³-hybridized carbons (Fsp3) is 0.639. The molecule has 0 saturated heterocycles. The standard InChI is InChI=1S/C36H54F2NO3/c1-3-4-5-6-7-8-9-12-15-18-34-30-20-22-35(41-2)36(42-26-17-14-11-10-13-16-25-40)31(30)23-24-39(34)28-29-19-21-32(37)33(38)27-29/h19-22,27,40H,3-18,23-26,28H2,1-2H3/q+1. The van der Waals surface area contributed by atoms with Crippen LogP contribution in [0.3, 0.4) is 0 Å². The molecule has 0 aliphatic carbocycles. The second kappa shape index (κ2) is 19.7. The first-order chi connectivity index (χ1) is 20.6. The van der Waals surface area contributed by atoms with Gasteiger partial charge in [-0.15, -0.1) is 0 Å². The van der Waals surface area contributed by atoms with Crippen molar-refractivity contribution in [3.8, 4) is 11.5 Å². The van der Waals surface area contributed by atoms with E-state index in [0.29, 0.717) is 13.2 Å². The van der Waals surface area contributed by atoms with Crippen molar-refractivity contribution in [1.82, 2.24) is 0 Å². The Hall–Kier alpha value is -2.47. The summed E-state index contributed by atoms with van der Waals surface area (Å²) in [5.74, 6) is 0.0282. The summed E-state index contributed by atoms with van der Waals surface area (Å²) in [7, 11) is 1.70. The molecule has 0 aromatic heterocycles. The maximum atomic E-state index is 14.0. The smallest absolute Gasteiger partial charge is 0.184 e. The number of aliphatic hydroxyl groups excluding tert-OH is 1. The van der Waals surface area contributed by atoms with E-state index in [4.69, 9.17) is 14.6 Å². The molecule has 0 atom stereocenters.